The predicted octanol–water partition coefficient (Wildman–Crippen LogP) is -0.187. The number of hydrogen-bond acceptors (Lipinski definition) is 8. The third kappa shape index (κ3) is 32.2. The summed E-state index contributed by atoms with van der Waals surface area (Å²) in [4.78, 5) is 25.6. The van der Waals surface area contributed by atoms with Gasteiger partial charge in [-0.3, -0.25) is 18.7 Å². The van der Waals surface area contributed by atoms with Crippen LogP contribution in [0.4, 0.5) is 0 Å². The molecule has 0 amide bonds. The maximum Gasteiger partial charge on any atom is 1.00 e. The Bertz CT molecular complexity index is 619. The molecule has 0 aromatic carbocycles. The van der Waals surface area contributed by atoms with Gasteiger partial charge in [0, 0.05) is 11.0 Å². The molecular formula is C13H25N6NaO7S. The fraction of sp³-hybridized carbons (Fsp3) is 0.846. The van der Waals surface area contributed by atoms with Crippen LogP contribution < -0.4 is 29.6 Å². The standard InChI is InChI=1S/C7H14O5S.C6H11N3O2.N3.Na/c1-4-11-7(8)5-6(2)12-13(3,9)10;1-3-11-6(10)4-5(2)8-9-7;1-3-2;/h6H,4-5H2,1-3H3;5H,3-4H2,1-2H3;;/q;;-1;+1/t6-;5-;;/m10../s1. The first-order chi connectivity index (χ1) is 12.5. The molecular weight excluding hydrogens is 407 g/mol. The fourth-order valence-electron chi connectivity index (χ4n) is 1.38. The summed E-state index contributed by atoms with van der Waals surface area (Å²) >= 11 is 0. The summed E-state index contributed by atoms with van der Waals surface area (Å²) in [6, 6.07) is -0.320. The minimum atomic E-state index is -3.49. The number of azide groups is 1. The van der Waals surface area contributed by atoms with Crippen molar-refractivity contribution in [2.75, 3.05) is 19.5 Å². The largest absolute Gasteiger partial charge is 1.00 e. The van der Waals surface area contributed by atoms with Gasteiger partial charge in [0.2, 0.25) is 0 Å². The maximum atomic E-state index is 10.8. The minimum absolute atomic E-state index is 0. The summed E-state index contributed by atoms with van der Waals surface area (Å²) < 4.78 is 35.0. The third-order valence-electron chi connectivity index (χ3n) is 2.11. The van der Waals surface area contributed by atoms with Gasteiger partial charge in [-0.15, -0.1) is 0 Å². The second-order valence-corrected chi connectivity index (χ2v) is 6.37. The Morgan fingerprint density at radius 1 is 1.00 bits per heavy atom. The molecule has 0 saturated heterocycles. The van der Waals surface area contributed by atoms with E-state index >= 15 is 0 Å². The van der Waals surface area contributed by atoms with E-state index in [1.54, 1.807) is 20.8 Å². The first-order valence-corrected chi connectivity index (χ1v) is 9.51. The van der Waals surface area contributed by atoms with Gasteiger partial charge in [-0.05, 0) is 26.3 Å². The van der Waals surface area contributed by atoms with Crippen LogP contribution >= 0.6 is 0 Å². The molecule has 0 radical (unpaired) electrons. The molecule has 0 aliphatic rings. The van der Waals surface area contributed by atoms with Crippen molar-refractivity contribution in [1.29, 1.82) is 0 Å². The van der Waals surface area contributed by atoms with E-state index in [0.29, 0.717) is 6.61 Å². The number of esters is 2. The summed E-state index contributed by atoms with van der Waals surface area (Å²) in [6.07, 6.45) is 0.363. The molecule has 28 heavy (non-hydrogen) atoms. The van der Waals surface area contributed by atoms with E-state index in [0.717, 1.165) is 6.26 Å². The van der Waals surface area contributed by atoms with Gasteiger partial charge in [0.25, 0.3) is 10.1 Å². The van der Waals surface area contributed by atoms with Crippen LogP contribution in [0.3, 0.4) is 0 Å². The zero-order valence-electron chi connectivity index (χ0n) is 16.9. The van der Waals surface area contributed by atoms with Crippen molar-refractivity contribution in [3.63, 3.8) is 0 Å². The molecule has 0 bridgehead atoms. The van der Waals surface area contributed by atoms with Crippen LogP contribution in [0.15, 0.2) is 5.11 Å². The number of hydrogen-bond donors (Lipinski definition) is 0. The van der Waals surface area contributed by atoms with Crippen LogP contribution in [0.1, 0.15) is 40.5 Å². The van der Waals surface area contributed by atoms with E-state index in [2.05, 4.69) is 23.7 Å². The number of nitrogens with zero attached hydrogens (tertiary/aromatic N) is 6. The Morgan fingerprint density at radius 3 is 1.71 bits per heavy atom. The van der Waals surface area contributed by atoms with Crippen LogP contribution in [-0.4, -0.2) is 52.0 Å². The van der Waals surface area contributed by atoms with Gasteiger partial charge >= 0.3 is 41.5 Å². The molecule has 15 heteroatoms. The van der Waals surface area contributed by atoms with Gasteiger partial charge < -0.3 is 20.5 Å². The molecule has 0 unspecified atom stereocenters. The van der Waals surface area contributed by atoms with Crippen molar-refractivity contribution >= 4 is 22.1 Å². The molecule has 0 aliphatic heterocycles. The van der Waals surface area contributed by atoms with Gasteiger partial charge in [-0.1, -0.05) is 12.0 Å². The summed E-state index contributed by atoms with van der Waals surface area (Å²) in [7, 11) is -3.49. The maximum absolute atomic E-state index is 10.8. The molecule has 0 spiro atoms. The van der Waals surface area contributed by atoms with Crippen LogP contribution in [0.2, 0.25) is 0 Å². The second-order valence-electron chi connectivity index (χ2n) is 4.77. The van der Waals surface area contributed by atoms with Crippen LogP contribution in [0.5, 0.6) is 0 Å². The minimum Gasteiger partial charge on any atom is -0.466 e. The van der Waals surface area contributed by atoms with E-state index in [-0.39, 0.29) is 61.0 Å². The van der Waals surface area contributed by atoms with Gasteiger partial charge in [-0.2, -0.15) is 8.42 Å². The Hall–Kier alpha value is -1.53. The zero-order chi connectivity index (χ0) is 21.9. The third-order valence-corrected chi connectivity index (χ3v) is 2.79. The summed E-state index contributed by atoms with van der Waals surface area (Å²) in [5, 5.41) is 3.33. The molecule has 2 atom stereocenters. The molecule has 0 rings (SSSR count). The van der Waals surface area contributed by atoms with Crippen molar-refractivity contribution in [3.05, 3.63) is 26.4 Å². The molecule has 0 aromatic rings. The van der Waals surface area contributed by atoms with Gasteiger partial charge in [0.15, 0.2) is 0 Å². The Labute approximate surface area is 186 Å². The monoisotopic (exact) mass is 432 g/mol. The van der Waals surface area contributed by atoms with Crippen molar-refractivity contribution in [2.24, 2.45) is 5.11 Å². The first kappa shape index (κ1) is 34.0. The summed E-state index contributed by atoms with van der Waals surface area (Å²) in [5.41, 5.74) is 21.5. The molecule has 0 aliphatic carbocycles. The topological polar surface area (TPSA) is 203 Å². The van der Waals surface area contributed by atoms with Gasteiger partial charge in [-0.25, -0.2) is 0 Å². The van der Waals surface area contributed by atoms with E-state index in [4.69, 9.17) is 16.6 Å². The van der Waals surface area contributed by atoms with E-state index in [1.165, 1.54) is 11.8 Å². The van der Waals surface area contributed by atoms with Crippen LogP contribution in [0, 0.1) is 0 Å². The normalized spacial score (nSPS) is 11.2. The molecule has 0 N–H and O–H groups in total. The van der Waals surface area contributed by atoms with Crippen LogP contribution in [-0.2, 0) is 33.4 Å². The van der Waals surface area contributed by atoms with Crippen LogP contribution in [0.25, 0.3) is 26.4 Å². The molecule has 0 heterocycles. The van der Waals surface area contributed by atoms with Crippen molar-refractivity contribution in [3.8, 4) is 0 Å². The second kappa shape index (κ2) is 21.8. The molecule has 13 nitrogen and oxygen atoms in total. The van der Waals surface area contributed by atoms with Crippen molar-refractivity contribution < 1.29 is 61.2 Å². The van der Waals surface area contributed by atoms with E-state index < -0.39 is 22.2 Å². The average molecular weight is 432 g/mol. The quantitative estimate of drug-likeness (QED) is 0.120. The van der Waals surface area contributed by atoms with E-state index in [1.807, 2.05) is 0 Å². The number of carbonyl (C=O) groups is 2. The molecule has 0 fully saturated rings. The Morgan fingerprint density at radius 2 is 1.39 bits per heavy atom. The number of ether oxygens (including phenoxy) is 2. The Kier molecular flexibility index (Phi) is 26.4. The first-order valence-electron chi connectivity index (χ1n) is 7.69. The van der Waals surface area contributed by atoms with Gasteiger partial charge in [0.05, 0.1) is 38.4 Å². The predicted molar refractivity (Wildman–Crippen MR) is 96.6 cm³/mol. The summed E-state index contributed by atoms with van der Waals surface area (Å²) in [5.74, 6) is -0.786. The van der Waals surface area contributed by atoms with Gasteiger partial charge in [0.1, 0.15) is 0 Å². The van der Waals surface area contributed by atoms with Crippen molar-refractivity contribution in [2.45, 2.75) is 52.7 Å². The summed E-state index contributed by atoms with van der Waals surface area (Å²) in [6.45, 7) is 7.22. The smallest absolute Gasteiger partial charge is 0.466 e. The molecule has 0 saturated carbocycles. The van der Waals surface area contributed by atoms with Crippen molar-refractivity contribution in [1.82, 2.24) is 0 Å². The SMILES string of the molecule is CCOC(=O)C[C@@H](C)OS(C)(=O)=O.CCOC(=O)C[C@H](C)N=[N+]=[N-].[N-]=[N+]=[N-].[Na+]. The number of rotatable bonds is 9. The number of carbonyl (C=O) groups excluding carboxylic acids is 2. The Balaban J connectivity index is -0.000000176. The average Bonchev–Trinajstić information content (AvgIpc) is 2.46. The molecule has 156 valence electrons. The fourth-order valence-corrected chi connectivity index (χ4v) is 2.04. The zero-order valence-corrected chi connectivity index (χ0v) is 19.7. The molecule has 0 aromatic heterocycles. The van der Waals surface area contributed by atoms with E-state index in [9.17, 15) is 18.0 Å².